The summed E-state index contributed by atoms with van der Waals surface area (Å²) in [5.41, 5.74) is 6.80. The smallest absolute Gasteiger partial charge is 0.254 e. The quantitative estimate of drug-likeness (QED) is 0.377. The minimum atomic E-state index is -0.337. The highest BCUT2D eigenvalue weighted by molar-refractivity contribution is 6.06. The van der Waals surface area contributed by atoms with Gasteiger partial charge in [-0.05, 0) is 62.2 Å². The van der Waals surface area contributed by atoms with Crippen molar-refractivity contribution < 1.29 is 13.9 Å². The number of nitrogens with zero attached hydrogens (tertiary/aromatic N) is 4. The number of hydrogen-bond acceptors (Lipinski definition) is 6. The van der Waals surface area contributed by atoms with E-state index >= 15 is 0 Å². The molecule has 0 saturated carbocycles. The molecule has 0 aliphatic carbocycles. The number of fused-ring (bicyclic) bond motifs is 2. The van der Waals surface area contributed by atoms with Crippen LogP contribution in [-0.2, 0) is 17.7 Å². The van der Waals surface area contributed by atoms with E-state index in [0.29, 0.717) is 29.4 Å². The number of pyridine rings is 2. The maximum Gasteiger partial charge on any atom is 0.254 e. The SMILES string of the molecule is CN(C)CCc1nc(Nc2ccc(-c3cnc4cc(F)ccn34)c3c2C(=O)NC3)ccc1C1CCOCC1. The number of ether oxygens (including phenoxy) is 1. The number of amides is 1. The highest BCUT2D eigenvalue weighted by Gasteiger charge is 2.28. The molecule has 9 heteroatoms. The summed E-state index contributed by atoms with van der Waals surface area (Å²) in [6.45, 7) is 2.89. The fourth-order valence-electron chi connectivity index (χ4n) is 5.48. The van der Waals surface area contributed by atoms with Crippen molar-refractivity contribution in [3.8, 4) is 11.3 Å². The highest BCUT2D eigenvalue weighted by atomic mass is 19.1. The standard InChI is InChI=1S/C29H31FN6O2/c1-35(2)11-8-23-20(18-9-13-38-14-10-18)4-6-26(33-23)34-24-5-3-21(22-16-32-29(37)28(22)24)25-17-31-27-15-19(30)7-12-36(25)27/h3-7,12,15,17-18H,8-11,13-14,16H2,1-2H3,(H,32,37)(H,33,34). The van der Waals surface area contributed by atoms with E-state index in [1.54, 1.807) is 12.4 Å². The maximum absolute atomic E-state index is 13.7. The molecule has 0 atom stereocenters. The Labute approximate surface area is 220 Å². The lowest BCUT2D eigenvalue weighted by Crippen LogP contribution is -2.20. The van der Waals surface area contributed by atoms with Crippen LogP contribution in [0.4, 0.5) is 15.9 Å². The number of likely N-dealkylation sites (N-methyl/N-ethyl adjacent to an activating group) is 1. The van der Waals surface area contributed by atoms with E-state index in [2.05, 4.69) is 40.7 Å². The summed E-state index contributed by atoms with van der Waals surface area (Å²) in [6.07, 6.45) is 6.24. The molecular formula is C29H31FN6O2. The number of benzene rings is 1. The number of halogens is 1. The minimum absolute atomic E-state index is 0.129. The molecule has 196 valence electrons. The van der Waals surface area contributed by atoms with Gasteiger partial charge in [0.25, 0.3) is 5.91 Å². The van der Waals surface area contributed by atoms with E-state index < -0.39 is 0 Å². The summed E-state index contributed by atoms with van der Waals surface area (Å²) in [5, 5.41) is 6.39. The summed E-state index contributed by atoms with van der Waals surface area (Å²) in [7, 11) is 4.14. The molecule has 2 aliphatic heterocycles. The van der Waals surface area contributed by atoms with Crippen molar-refractivity contribution in [2.75, 3.05) is 39.2 Å². The number of carbonyl (C=O) groups is 1. The number of aromatic nitrogens is 3. The van der Waals surface area contributed by atoms with Crippen molar-refractivity contribution in [2.24, 2.45) is 0 Å². The molecule has 1 fully saturated rings. The van der Waals surface area contributed by atoms with Crippen LogP contribution in [0.5, 0.6) is 0 Å². The van der Waals surface area contributed by atoms with E-state index in [-0.39, 0.29) is 11.7 Å². The number of hydrogen-bond donors (Lipinski definition) is 2. The first-order chi connectivity index (χ1) is 18.5. The Morgan fingerprint density at radius 1 is 1.18 bits per heavy atom. The van der Waals surface area contributed by atoms with Gasteiger partial charge in [-0.3, -0.25) is 9.20 Å². The fraction of sp³-hybridized carbons (Fsp3) is 0.345. The Kier molecular flexibility index (Phi) is 6.55. The Bertz CT molecular complexity index is 1510. The lowest BCUT2D eigenvalue weighted by Gasteiger charge is -2.25. The average molecular weight is 515 g/mol. The van der Waals surface area contributed by atoms with Crippen LogP contribution < -0.4 is 10.6 Å². The van der Waals surface area contributed by atoms with Crippen LogP contribution in [-0.4, -0.2) is 59.0 Å². The number of anilines is 2. The molecule has 5 heterocycles. The Morgan fingerprint density at radius 2 is 2.03 bits per heavy atom. The van der Waals surface area contributed by atoms with Crippen LogP contribution in [0.1, 0.15) is 45.9 Å². The molecule has 0 radical (unpaired) electrons. The zero-order chi connectivity index (χ0) is 26.2. The largest absolute Gasteiger partial charge is 0.381 e. The summed E-state index contributed by atoms with van der Waals surface area (Å²) >= 11 is 0. The first-order valence-electron chi connectivity index (χ1n) is 13.0. The molecule has 2 aliphatic rings. The van der Waals surface area contributed by atoms with Gasteiger partial charge >= 0.3 is 0 Å². The number of nitrogens with one attached hydrogen (secondary N) is 2. The summed E-state index contributed by atoms with van der Waals surface area (Å²) in [4.78, 5) is 24.5. The molecule has 2 N–H and O–H groups in total. The third-order valence-corrected chi connectivity index (χ3v) is 7.45. The molecule has 6 rings (SSSR count). The highest BCUT2D eigenvalue weighted by Crippen LogP contribution is 2.36. The van der Waals surface area contributed by atoms with Crippen molar-refractivity contribution in [3.63, 3.8) is 0 Å². The molecule has 1 saturated heterocycles. The first-order valence-corrected chi connectivity index (χ1v) is 13.0. The molecule has 8 nitrogen and oxygen atoms in total. The second-order valence-electron chi connectivity index (χ2n) is 10.2. The van der Waals surface area contributed by atoms with Gasteiger partial charge < -0.3 is 20.3 Å². The third kappa shape index (κ3) is 4.63. The number of carbonyl (C=O) groups excluding carboxylic acids is 1. The van der Waals surface area contributed by atoms with Gasteiger partial charge in [0.2, 0.25) is 0 Å². The van der Waals surface area contributed by atoms with Crippen molar-refractivity contribution in [1.82, 2.24) is 24.6 Å². The van der Waals surface area contributed by atoms with Crippen molar-refractivity contribution >= 4 is 23.1 Å². The number of imidazole rings is 1. The van der Waals surface area contributed by atoms with E-state index in [9.17, 15) is 9.18 Å². The molecule has 4 aromatic rings. The minimum Gasteiger partial charge on any atom is -0.381 e. The van der Waals surface area contributed by atoms with Crippen molar-refractivity contribution in [2.45, 2.75) is 31.7 Å². The normalized spacial score (nSPS) is 15.7. The van der Waals surface area contributed by atoms with E-state index in [4.69, 9.17) is 9.72 Å². The zero-order valence-electron chi connectivity index (χ0n) is 21.6. The Hall–Kier alpha value is -3.82. The van der Waals surface area contributed by atoms with E-state index in [1.807, 2.05) is 22.6 Å². The summed E-state index contributed by atoms with van der Waals surface area (Å²) < 4.78 is 21.1. The monoisotopic (exact) mass is 514 g/mol. The van der Waals surface area contributed by atoms with E-state index in [0.717, 1.165) is 67.4 Å². The Balaban J connectivity index is 1.35. The molecule has 38 heavy (non-hydrogen) atoms. The lowest BCUT2D eigenvalue weighted by molar-refractivity contribution is 0.0850. The van der Waals surface area contributed by atoms with Crippen molar-refractivity contribution in [1.29, 1.82) is 0 Å². The topological polar surface area (TPSA) is 83.8 Å². The average Bonchev–Trinajstić information content (AvgIpc) is 3.52. The Morgan fingerprint density at radius 3 is 2.84 bits per heavy atom. The predicted octanol–water partition coefficient (Wildman–Crippen LogP) is 4.52. The van der Waals surface area contributed by atoms with Crippen LogP contribution in [0, 0.1) is 5.82 Å². The van der Waals surface area contributed by atoms with Gasteiger partial charge in [-0.25, -0.2) is 14.4 Å². The second kappa shape index (κ2) is 10.2. The fourth-order valence-corrected chi connectivity index (χ4v) is 5.48. The van der Waals surface area contributed by atoms with Gasteiger partial charge in [0.05, 0.1) is 23.1 Å². The molecule has 0 bridgehead atoms. The number of rotatable bonds is 7. The molecule has 0 unspecified atom stereocenters. The maximum atomic E-state index is 13.7. The first kappa shape index (κ1) is 24.5. The van der Waals surface area contributed by atoms with Gasteiger partial charge in [-0.15, -0.1) is 0 Å². The van der Waals surface area contributed by atoms with Gasteiger partial charge in [0.1, 0.15) is 17.3 Å². The van der Waals surface area contributed by atoms with Crippen LogP contribution >= 0.6 is 0 Å². The van der Waals surface area contributed by atoms with Gasteiger partial charge in [-0.2, -0.15) is 0 Å². The second-order valence-corrected chi connectivity index (χ2v) is 10.2. The predicted molar refractivity (Wildman–Crippen MR) is 144 cm³/mol. The van der Waals surface area contributed by atoms with Crippen molar-refractivity contribution in [3.05, 3.63) is 77.0 Å². The zero-order valence-corrected chi connectivity index (χ0v) is 21.6. The van der Waals surface area contributed by atoms with Crippen LogP contribution in [0.15, 0.2) is 48.8 Å². The van der Waals surface area contributed by atoms with Gasteiger partial charge in [0, 0.05) is 56.2 Å². The van der Waals surface area contributed by atoms with Gasteiger partial charge in [-0.1, -0.05) is 12.1 Å². The molecule has 0 spiro atoms. The molecule has 1 aromatic carbocycles. The summed E-state index contributed by atoms with van der Waals surface area (Å²) in [5.74, 6) is 0.706. The molecule has 3 aromatic heterocycles. The third-order valence-electron chi connectivity index (χ3n) is 7.45. The van der Waals surface area contributed by atoms with Gasteiger partial charge in [0.15, 0.2) is 0 Å². The lowest BCUT2D eigenvalue weighted by atomic mass is 9.89. The van der Waals surface area contributed by atoms with Crippen LogP contribution in [0.25, 0.3) is 16.9 Å². The van der Waals surface area contributed by atoms with Crippen LogP contribution in [0.3, 0.4) is 0 Å². The van der Waals surface area contributed by atoms with Crippen LogP contribution in [0.2, 0.25) is 0 Å². The molecule has 1 amide bonds. The van der Waals surface area contributed by atoms with E-state index in [1.165, 1.54) is 17.7 Å². The summed E-state index contributed by atoms with van der Waals surface area (Å²) in [6, 6.07) is 10.9. The molecular weight excluding hydrogens is 483 g/mol.